The minimum absolute atomic E-state index is 0.166. The van der Waals surface area contributed by atoms with Crippen LogP contribution in [-0.2, 0) is 14.0 Å². The minimum Gasteiger partial charge on any atom is -0.399 e. The molecule has 2 aromatic rings. The van der Waals surface area contributed by atoms with Crippen molar-refractivity contribution >= 4 is 35.1 Å². The van der Waals surface area contributed by atoms with Crippen LogP contribution in [0.25, 0.3) is 10.9 Å². The van der Waals surface area contributed by atoms with Crippen LogP contribution >= 0.6 is 11.6 Å². The highest BCUT2D eigenvalue weighted by molar-refractivity contribution is 6.66. The van der Waals surface area contributed by atoms with Gasteiger partial charge in [-0.2, -0.15) is 5.10 Å². The molecule has 1 aromatic heterocycles. The van der Waals surface area contributed by atoms with Crippen LogP contribution < -0.4 is 5.46 Å². The summed E-state index contributed by atoms with van der Waals surface area (Å²) in [7, 11) is -0.622. The first-order valence-electron chi connectivity index (χ1n) is 11.0. The predicted molar refractivity (Wildman–Crippen MR) is 116 cm³/mol. The number of fused-ring (bicyclic) bond motifs is 1. The van der Waals surface area contributed by atoms with E-state index in [2.05, 4.69) is 12.0 Å². The Kier molecular flexibility index (Phi) is 4.79. The summed E-state index contributed by atoms with van der Waals surface area (Å²) in [5, 5.41) is 5.42. The Morgan fingerprint density at radius 2 is 1.87 bits per heavy atom. The van der Waals surface area contributed by atoms with E-state index in [4.69, 9.17) is 25.6 Å². The third-order valence-corrected chi connectivity index (χ3v) is 7.78. The van der Waals surface area contributed by atoms with Gasteiger partial charge in [0, 0.05) is 12.0 Å². The van der Waals surface area contributed by atoms with E-state index in [1.165, 1.54) is 0 Å². The molecule has 3 aliphatic rings. The van der Waals surface area contributed by atoms with E-state index < -0.39 is 24.1 Å². The van der Waals surface area contributed by atoms with Crippen molar-refractivity contribution < 1.29 is 18.4 Å². The van der Waals surface area contributed by atoms with E-state index >= 15 is 4.39 Å². The van der Waals surface area contributed by atoms with E-state index in [0.29, 0.717) is 23.4 Å². The summed E-state index contributed by atoms with van der Waals surface area (Å²) in [6.07, 6.45) is 5.28. The summed E-state index contributed by atoms with van der Waals surface area (Å²) in [5.41, 5.74) is 1.02. The van der Waals surface area contributed by atoms with Gasteiger partial charge in [-0.25, -0.2) is 9.07 Å². The summed E-state index contributed by atoms with van der Waals surface area (Å²) >= 11 is 6.70. The van der Waals surface area contributed by atoms with Crippen molar-refractivity contribution in [2.24, 2.45) is 5.92 Å². The van der Waals surface area contributed by atoms with Crippen LogP contribution in [0.1, 0.15) is 78.0 Å². The van der Waals surface area contributed by atoms with Crippen LogP contribution in [0.3, 0.4) is 0 Å². The highest BCUT2D eigenvalue weighted by Gasteiger charge is 2.54. The topological polar surface area (TPSA) is 45.5 Å². The molecule has 0 radical (unpaired) electrons. The van der Waals surface area contributed by atoms with E-state index in [1.54, 1.807) is 10.9 Å². The average molecular weight is 435 g/mol. The molecular formula is C22H29BClFN2O3. The average Bonchev–Trinajstić information content (AvgIpc) is 3.16. The van der Waals surface area contributed by atoms with Gasteiger partial charge in [-0.1, -0.05) is 18.5 Å². The molecule has 2 aliphatic heterocycles. The quantitative estimate of drug-likeness (QED) is 0.641. The molecular weight excluding hydrogens is 406 g/mol. The molecule has 162 valence electrons. The molecule has 3 heterocycles. The van der Waals surface area contributed by atoms with Crippen LogP contribution in [0.2, 0.25) is 5.02 Å². The lowest BCUT2D eigenvalue weighted by molar-refractivity contribution is -0.0369. The molecule has 0 bridgehead atoms. The van der Waals surface area contributed by atoms with Gasteiger partial charge in [0.05, 0.1) is 22.4 Å². The lowest BCUT2D eigenvalue weighted by Gasteiger charge is -2.32. The molecule has 1 aromatic carbocycles. The maximum atomic E-state index is 15.7. The number of ether oxygens (including phenoxy) is 1. The van der Waals surface area contributed by atoms with Gasteiger partial charge in [0.2, 0.25) is 0 Å². The first kappa shape index (κ1) is 20.7. The first-order valence-corrected chi connectivity index (χ1v) is 11.4. The molecule has 2 saturated heterocycles. The van der Waals surface area contributed by atoms with Crippen molar-refractivity contribution in [3.63, 3.8) is 0 Å². The molecule has 0 spiro atoms. The van der Waals surface area contributed by atoms with Crippen LogP contribution in [0.5, 0.6) is 0 Å². The minimum atomic E-state index is -0.622. The largest absolute Gasteiger partial charge is 0.495 e. The zero-order valence-corrected chi connectivity index (χ0v) is 19.1. The van der Waals surface area contributed by atoms with Crippen molar-refractivity contribution in [3.05, 3.63) is 22.6 Å². The van der Waals surface area contributed by atoms with Crippen molar-refractivity contribution in [1.82, 2.24) is 9.78 Å². The van der Waals surface area contributed by atoms with Crippen molar-refractivity contribution in [3.8, 4) is 0 Å². The smallest absolute Gasteiger partial charge is 0.399 e. The molecule has 5 nitrogen and oxygen atoms in total. The Balaban J connectivity index is 1.72. The molecule has 5 rings (SSSR count). The number of benzene rings is 1. The Labute approximate surface area is 182 Å². The molecule has 1 unspecified atom stereocenters. The standard InChI is InChI=1S/C22H29BClFN2O3/c1-12-10-13(12)16-17(23-29-21(2,3)22(4,5)30-23)14-11-26-27(15-8-6-7-9-28-15)20(14)19(25)18(16)24/h11-13,15H,6-10H2,1-5H3/t12-,13+,15?/m0/s1. The second-order valence-corrected chi connectivity index (χ2v) is 10.4. The summed E-state index contributed by atoms with van der Waals surface area (Å²) < 4.78 is 36.0. The molecule has 0 amide bonds. The SMILES string of the molecule is C[C@H]1C[C@H]1c1c(Cl)c(F)c2c(cnn2C2CCCCO2)c1B1OC(C)(C)C(C)(C)O1. The van der Waals surface area contributed by atoms with Crippen molar-refractivity contribution in [1.29, 1.82) is 0 Å². The summed E-state index contributed by atoms with van der Waals surface area (Å²) in [6.45, 7) is 10.9. The van der Waals surface area contributed by atoms with Gasteiger partial charge in [-0.3, -0.25) is 0 Å². The van der Waals surface area contributed by atoms with Gasteiger partial charge in [-0.15, -0.1) is 0 Å². The Hall–Kier alpha value is -1.15. The lowest BCUT2D eigenvalue weighted by atomic mass is 9.72. The lowest BCUT2D eigenvalue weighted by Crippen LogP contribution is -2.41. The summed E-state index contributed by atoms with van der Waals surface area (Å²) in [6, 6.07) is 0. The van der Waals surface area contributed by atoms with Crippen molar-refractivity contribution in [2.45, 2.75) is 83.6 Å². The van der Waals surface area contributed by atoms with Gasteiger partial charge < -0.3 is 14.0 Å². The molecule has 3 fully saturated rings. The zero-order valence-electron chi connectivity index (χ0n) is 18.3. The van der Waals surface area contributed by atoms with Crippen LogP contribution in [0.4, 0.5) is 4.39 Å². The van der Waals surface area contributed by atoms with E-state index in [-0.39, 0.29) is 17.2 Å². The van der Waals surface area contributed by atoms with E-state index in [9.17, 15) is 0 Å². The number of hydrogen-bond donors (Lipinski definition) is 0. The second kappa shape index (κ2) is 6.93. The third-order valence-electron chi connectivity index (χ3n) is 7.41. The Bertz CT molecular complexity index is 986. The monoisotopic (exact) mass is 434 g/mol. The third kappa shape index (κ3) is 3.04. The number of aromatic nitrogens is 2. The van der Waals surface area contributed by atoms with Crippen LogP contribution in [0, 0.1) is 11.7 Å². The maximum absolute atomic E-state index is 15.7. The number of nitrogens with zero attached hydrogens (tertiary/aromatic N) is 2. The van der Waals surface area contributed by atoms with Gasteiger partial charge >= 0.3 is 7.12 Å². The highest BCUT2D eigenvalue weighted by atomic mass is 35.5. The van der Waals surface area contributed by atoms with Gasteiger partial charge in [0.25, 0.3) is 0 Å². The number of halogens is 2. The maximum Gasteiger partial charge on any atom is 0.495 e. The van der Waals surface area contributed by atoms with E-state index in [1.807, 2.05) is 27.7 Å². The fourth-order valence-corrected chi connectivity index (χ4v) is 5.03. The molecule has 0 N–H and O–H groups in total. The van der Waals surface area contributed by atoms with Gasteiger partial charge in [0.1, 0.15) is 5.52 Å². The molecule has 3 atom stereocenters. The number of rotatable bonds is 3. The fraction of sp³-hybridized carbons (Fsp3) is 0.682. The number of hydrogen-bond acceptors (Lipinski definition) is 4. The van der Waals surface area contributed by atoms with Crippen LogP contribution in [-0.4, -0.2) is 34.7 Å². The van der Waals surface area contributed by atoms with E-state index in [0.717, 1.165) is 36.7 Å². The van der Waals surface area contributed by atoms with Gasteiger partial charge in [0.15, 0.2) is 12.0 Å². The molecule has 1 aliphatic carbocycles. The predicted octanol–water partition coefficient (Wildman–Crippen LogP) is 4.95. The Morgan fingerprint density at radius 3 is 2.43 bits per heavy atom. The fourth-order valence-electron chi connectivity index (χ4n) is 4.70. The van der Waals surface area contributed by atoms with Crippen LogP contribution in [0.15, 0.2) is 6.20 Å². The van der Waals surface area contributed by atoms with Gasteiger partial charge in [-0.05, 0) is 76.2 Å². The highest BCUT2D eigenvalue weighted by Crippen LogP contribution is 2.51. The Morgan fingerprint density at radius 1 is 1.20 bits per heavy atom. The molecule has 30 heavy (non-hydrogen) atoms. The summed E-state index contributed by atoms with van der Waals surface area (Å²) in [5.74, 6) is 0.240. The normalized spacial score (nSPS) is 30.2. The zero-order chi connectivity index (χ0) is 21.4. The molecule has 1 saturated carbocycles. The second-order valence-electron chi connectivity index (χ2n) is 10.0. The van der Waals surface area contributed by atoms with Crippen molar-refractivity contribution in [2.75, 3.05) is 6.61 Å². The summed E-state index contributed by atoms with van der Waals surface area (Å²) in [4.78, 5) is 0. The first-order chi connectivity index (χ1) is 14.1. The molecule has 8 heteroatoms.